The lowest BCUT2D eigenvalue weighted by atomic mass is 9.97. The van der Waals surface area contributed by atoms with Gasteiger partial charge in [-0.15, -0.1) is 0 Å². The number of nitrogens with one attached hydrogen (secondary N) is 2. The van der Waals surface area contributed by atoms with Crippen molar-refractivity contribution in [2.45, 2.75) is 19.5 Å². The summed E-state index contributed by atoms with van der Waals surface area (Å²) in [7, 11) is 1.46. The van der Waals surface area contributed by atoms with Gasteiger partial charge in [-0.1, -0.05) is 13.0 Å². The Morgan fingerprint density at radius 3 is 2.66 bits per heavy atom. The van der Waals surface area contributed by atoms with Crippen LogP contribution in [0.1, 0.15) is 28.4 Å². The maximum Gasteiger partial charge on any atom is 0.416 e. The highest BCUT2D eigenvalue weighted by Crippen LogP contribution is 2.37. The number of alkyl halides is 3. The van der Waals surface area contributed by atoms with Crippen LogP contribution in [0.25, 0.3) is 22.6 Å². The number of carbonyl (C=O) groups excluding carboxylic acids is 1. The Morgan fingerprint density at radius 1 is 1.31 bits per heavy atom. The zero-order chi connectivity index (χ0) is 21.3. The summed E-state index contributed by atoms with van der Waals surface area (Å²) in [6.45, 7) is 1.84. The minimum absolute atomic E-state index is 0.0476. The third-order valence-electron chi connectivity index (χ3n) is 4.39. The molecule has 0 aliphatic carbocycles. The quantitative estimate of drug-likeness (QED) is 0.453. The summed E-state index contributed by atoms with van der Waals surface area (Å²) in [6, 6.07) is 5.08. The van der Waals surface area contributed by atoms with E-state index in [0.29, 0.717) is 32.5 Å². The minimum atomic E-state index is -4.50. The highest BCUT2D eigenvalue weighted by Gasteiger charge is 2.32. The van der Waals surface area contributed by atoms with E-state index in [-0.39, 0.29) is 17.2 Å². The maximum atomic E-state index is 13.3. The number of hydrogen-bond acceptors (Lipinski definition) is 4. The molecule has 1 aromatic carbocycles. The Bertz CT molecular complexity index is 1080. The van der Waals surface area contributed by atoms with E-state index in [4.69, 9.17) is 5.73 Å². The van der Waals surface area contributed by atoms with Crippen molar-refractivity contribution in [1.82, 2.24) is 20.3 Å². The van der Waals surface area contributed by atoms with E-state index >= 15 is 0 Å². The molecule has 0 fully saturated rings. The van der Waals surface area contributed by atoms with Gasteiger partial charge < -0.3 is 16.0 Å². The molecule has 0 spiro atoms. The van der Waals surface area contributed by atoms with Crippen molar-refractivity contribution in [1.29, 1.82) is 0 Å². The number of benzene rings is 1. The van der Waals surface area contributed by atoms with Crippen LogP contribution in [-0.4, -0.2) is 27.9 Å². The summed E-state index contributed by atoms with van der Waals surface area (Å²) >= 11 is 2.02. The fourth-order valence-corrected chi connectivity index (χ4v) is 3.52. The molecule has 0 saturated carbocycles. The summed E-state index contributed by atoms with van der Waals surface area (Å²) < 4.78 is 40.5. The molecule has 29 heavy (non-hydrogen) atoms. The molecule has 3 aromatic rings. The number of hydrogen-bond donors (Lipinski definition) is 3. The molecular weight excluding hydrogens is 498 g/mol. The van der Waals surface area contributed by atoms with Crippen molar-refractivity contribution in [3.05, 3.63) is 50.7 Å². The van der Waals surface area contributed by atoms with Gasteiger partial charge in [0.1, 0.15) is 5.69 Å². The van der Waals surface area contributed by atoms with Crippen LogP contribution in [0, 0.1) is 3.57 Å². The van der Waals surface area contributed by atoms with Crippen LogP contribution in [0.5, 0.6) is 0 Å². The topological polar surface area (TPSA) is 96.7 Å². The smallest absolute Gasteiger partial charge is 0.368 e. The van der Waals surface area contributed by atoms with E-state index in [9.17, 15) is 18.0 Å². The molecule has 6 nitrogen and oxygen atoms in total. The molecule has 0 aliphatic heterocycles. The predicted octanol–water partition coefficient (Wildman–Crippen LogP) is 4.27. The van der Waals surface area contributed by atoms with Gasteiger partial charge >= 0.3 is 6.18 Å². The number of aryl methyl sites for hydroxylation is 1. The second-order valence-electron chi connectivity index (χ2n) is 6.20. The third kappa shape index (κ3) is 4.21. The third-order valence-corrected chi connectivity index (χ3v) is 5.18. The number of carbonyl (C=O) groups is 1. The summed E-state index contributed by atoms with van der Waals surface area (Å²) in [5, 5.41) is 2.52. The van der Waals surface area contributed by atoms with Crippen molar-refractivity contribution in [3.8, 4) is 22.6 Å². The highest BCUT2D eigenvalue weighted by molar-refractivity contribution is 14.1. The molecule has 4 N–H and O–H groups in total. The number of amides is 1. The molecule has 0 bridgehead atoms. The van der Waals surface area contributed by atoms with Crippen LogP contribution in [-0.2, 0) is 12.6 Å². The minimum Gasteiger partial charge on any atom is -0.368 e. The van der Waals surface area contributed by atoms with E-state index in [2.05, 4.69) is 20.3 Å². The molecule has 152 valence electrons. The standard InChI is InChI=1S/C19H17F3IN5O/c1-3-9-4-5-10(19(20,21)22)6-11(9)15-12(17(29)25-2)7-14(27-15)16-13(23)8-26-18(24)28-16/h4-8,27H,3H2,1-2H3,(H,25,29)(H2,24,26,28). The first-order valence-corrected chi connectivity index (χ1v) is 9.67. The number of H-pyrrole nitrogens is 1. The van der Waals surface area contributed by atoms with Gasteiger partial charge in [-0.25, -0.2) is 9.97 Å². The second kappa shape index (κ2) is 8.01. The van der Waals surface area contributed by atoms with Crippen molar-refractivity contribution in [2.24, 2.45) is 0 Å². The van der Waals surface area contributed by atoms with Gasteiger partial charge in [0.15, 0.2) is 0 Å². The SMILES string of the molecule is CCc1ccc(C(F)(F)F)cc1-c1[nH]c(-c2nc(N)ncc2I)cc1C(=O)NC. The predicted molar refractivity (Wildman–Crippen MR) is 112 cm³/mol. The number of rotatable bonds is 4. The Kier molecular flexibility index (Phi) is 5.82. The number of halogens is 4. The lowest BCUT2D eigenvalue weighted by molar-refractivity contribution is -0.137. The average molecular weight is 515 g/mol. The maximum absolute atomic E-state index is 13.3. The van der Waals surface area contributed by atoms with Crippen LogP contribution in [0.15, 0.2) is 30.5 Å². The van der Waals surface area contributed by atoms with Crippen LogP contribution in [0.4, 0.5) is 19.1 Å². The van der Waals surface area contributed by atoms with Crippen molar-refractivity contribution >= 4 is 34.4 Å². The van der Waals surface area contributed by atoms with Crippen molar-refractivity contribution in [3.63, 3.8) is 0 Å². The first-order chi connectivity index (χ1) is 13.7. The molecule has 0 radical (unpaired) electrons. The molecular formula is C19H17F3IN5O. The largest absolute Gasteiger partial charge is 0.416 e. The van der Waals surface area contributed by atoms with Gasteiger partial charge in [0.05, 0.1) is 26.1 Å². The number of anilines is 1. The average Bonchev–Trinajstić information content (AvgIpc) is 3.13. The van der Waals surface area contributed by atoms with Crippen LogP contribution in [0.2, 0.25) is 0 Å². The van der Waals surface area contributed by atoms with E-state index in [1.165, 1.54) is 19.3 Å². The monoisotopic (exact) mass is 515 g/mol. The van der Waals surface area contributed by atoms with E-state index in [1.54, 1.807) is 6.07 Å². The fourth-order valence-electron chi connectivity index (χ4n) is 2.97. The molecule has 3 rings (SSSR count). The summed E-state index contributed by atoms with van der Waals surface area (Å²) in [4.78, 5) is 23.6. The summed E-state index contributed by atoms with van der Waals surface area (Å²) in [6.07, 6.45) is -2.48. The van der Waals surface area contributed by atoms with Crippen LogP contribution >= 0.6 is 22.6 Å². The molecule has 10 heteroatoms. The lowest BCUT2D eigenvalue weighted by Crippen LogP contribution is -2.18. The molecule has 0 unspecified atom stereocenters. The Hall–Kier alpha value is -2.63. The molecule has 0 aliphatic rings. The van der Waals surface area contributed by atoms with Crippen molar-refractivity contribution in [2.75, 3.05) is 12.8 Å². The molecule has 0 atom stereocenters. The number of aromatic amines is 1. The van der Waals surface area contributed by atoms with Crippen molar-refractivity contribution < 1.29 is 18.0 Å². The zero-order valence-electron chi connectivity index (χ0n) is 15.5. The Labute approximate surface area is 178 Å². The number of nitrogens with zero attached hydrogens (tertiary/aromatic N) is 2. The molecule has 0 saturated heterocycles. The first-order valence-electron chi connectivity index (χ1n) is 8.59. The summed E-state index contributed by atoms with van der Waals surface area (Å²) in [5.41, 5.74) is 7.29. The van der Waals surface area contributed by atoms with E-state index < -0.39 is 17.6 Å². The number of aromatic nitrogens is 3. The van der Waals surface area contributed by atoms with Gasteiger partial charge in [0.25, 0.3) is 5.91 Å². The molecule has 2 heterocycles. The normalized spacial score (nSPS) is 11.5. The molecule has 1 amide bonds. The Morgan fingerprint density at radius 2 is 2.03 bits per heavy atom. The molecule has 2 aromatic heterocycles. The number of nitrogen functional groups attached to an aromatic ring is 1. The van der Waals surface area contributed by atoms with E-state index in [1.807, 2.05) is 29.5 Å². The highest BCUT2D eigenvalue weighted by atomic mass is 127. The summed E-state index contributed by atoms with van der Waals surface area (Å²) in [5.74, 6) is -0.384. The van der Waals surface area contributed by atoms with Crippen LogP contribution < -0.4 is 11.1 Å². The van der Waals surface area contributed by atoms with E-state index in [0.717, 1.165) is 12.1 Å². The first kappa shape index (κ1) is 21.1. The lowest BCUT2D eigenvalue weighted by Gasteiger charge is -2.13. The van der Waals surface area contributed by atoms with Gasteiger partial charge in [-0.2, -0.15) is 13.2 Å². The zero-order valence-corrected chi connectivity index (χ0v) is 17.6. The van der Waals surface area contributed by atoms with Crippen LogP contribution in [0.3, 0.4) is 0 Å². The Balaban J connectivity index is 2.28. The second-order valence-corrected chi connectivity index (χ2v) is 7.36. The van der Waals surface area contributed by atoms with Gasteiger partial charge in [0, 0.05) is 18.8 Å². The van der Waals surface area contributed by atoms with Gasteiger partial charge in [0.2, 0.25) is 5.95 Å². The fraction of sp³-hybridized carbons (Fsp3) is 0.211. The van der Waals surface area contributed by atoms with Gasteiger partial charge in [-0.05, 0) is 52.8 Å². The van der Waals surface area contributed by atoms with Gasteiger partial charge in [-0.3, -0.25) is 4.79 Å². The number of nitrogens with two attached hydrogens (primary N) is 1.